The van der Waals surface area contributed by atoms with E-state index in [9.17, 15) is 9.59 Å². The van der Waals surface area contributed by atoms with Gasteiger partial charge >= 0.3 is 0 Å². The lowest BCUT2D eigenvalue weighted by atomic mass is 10.1. The van der Waals surface area contributed by atoms with Crippen LogP contribution in [-0.4, -0.2) is 24.6 Å². The summed E-state index contributed by atoms with van der Waals surface area (Å²) in [5.41, 5.74) is 2.15. The number of thioether (sulfide) groups is 1. The summed E-state index contributed by atoms with van der Waals surface area (Å²) in [5.74, 6) is 0.495. The van der Waals surface area contributed by atoms with Gasteiger partial charge in [-0.2, -0.15) is 0 Å². The molecule has 2 aromatic carbocycles. The second kappa shape index (κ2) is 8.39. The zero-order valence-corrected chi connectivity index (χ0v) is 14.1. The third-order valence-electron chi connectivity index (χ3n) is 3.34. The van der Waals surface area contributed by atoms with Crippen LogP contribution in [0.15, 0.2) is 53.4 Å². The Bertz CT molecular complexity index is 687. The summed E-state index contributed by atoms with van der Waals surface area (Å²) in [6, 6.07) is 15.3. The van der Waals surface area contributed by atoms with Gasteiger partial charge in [0.05, 0.1) is 0 Å². The molecule has 0 aliphatic carbocycles. The topological polar surface area (TPSA) is 58.2 Å². The second-order valence-electron chi connectivity index (χ2n) is 5.07. The number of anilines is 1. The Labute approximate surface area is 140 Å². The molecule has 2 amide bonds. The summed E-state index contributed by atoms with van der Waals surface area (Å²) in [5, 5.41) is 5.46. The molecule has 5 heteroatoms. The molecular weight excluding hydrogens is 308 g/mol. The summed E-state index contributed by atoms with van der Waals surface area (Å²) in [6.07, 6.45) is 0.420. The van der Waals surface area contributed by atoms with E-state index in [0.29, 0.717) is 23.4 Å². The Hall–Kier alpha value is -2.27. The van der Waals surface area contributed by atoms with Crippen LogP contribution in [0.2, 0.25) is 0 Å². The van der Waals surface area contributed by atoms with Gasteiger partial charge in [-0.15, -0.1) is 11.8 Å². The third kappa shape index (κ3) is 5.14. The van der Waals surface area contributed by atoms with Gasteiger partial charge in [-0.1, -0.05) is 24.3 Å². The molecule has 0 spiro atoms. The average Bonchev–Trinajstić information content (AvgIpc) is 2.57. The first-order chi connectivity index (χ1) is 11.1. The van der Waals surface area contributed by atoms with Crippen LogP contribution in [0.25, 0.3) is 0 Å². The first-order valence-corrected chi connectivity index (χ1v) is 8.39. The minimum absolute atomic E-state index is 0.0504. The number of carbonyl (C=O) groups is 2. The van der Waals surface area contributed by atoms with Gasteiger partial charge in [-0.05, 0) is 36.8 Å². The smallest absolute Gasteiger partial charge is 0.251 e. The van der Waals surface area contributed by atoms with E-state index in [2.05, 4.69) is 10.6 Å². The van der Waals surface area contributed by atoms with Crippen molar-refractivity contribution < 1.29 is 9.59 Å². The minimum atomic E-state index is -0.167. The van der Waals surface area contributed by atoms with Crippen LogP contribution in [-0.2, 0) is 4.79 Å². The number of benzene rings is 2. The van der Waals surface area contributed by atoms with Crippen LogP contribution >= 0.6 is 11.8 Å². The Morgan fingerprint density at radius 1 is 1.09 bits per heavy atom. The maximum atomic E-state index is 12.1. The number of amides is 2. The molecular formula is C18H20N2O2S. The van der Waals surface area contributed by atoms with Crippen molar-refractivity contribution in [3.05, 3.63) is 59.7 Å². The maximum absolute atomic E-state index is 12.1. The normalized spacial score (nSPS) is 10.2. The van der Waals surface area contributed by atoms with E-state index in [4.69, 9.17) is 0 Å². The van der Waals surface area contributed by atoms with E-state index in [1.165, 1.54) is 0 Å². The lowest BCUT2D eigenvalue weighted by molar-refractivity contribution is -0.115. The van der Waals surface area contributed by atoms with Crippen LogP contribution in [0, 0.1) is 6.92 Å². The van der Waals surface area contributed by atoms with E-state index in [1.54, 1.807) is 30.9 Å². The molecule has 2 rings (SSSR count). The van der Waals surface area contributed by atoms with Crippen molar-refractivity contribution >= 4 is 29.3 Å². The summed E-state index contributed by atoms with van der Waals surface area (Å²) < 4.78 is 0. The number of hydrogen-bond acceptors (Lipinski definition) is 3. The van der Waals surface area contributed by atoms with Crippen LogP contribution < -0.4 is 10.6 Å². The highest BCUT2D eigenvalue weighted by atomic mass is 32.2. The van der Waals surface area contributed by atoms with Crippen LogP contribution in [0.4, 0.5) is 5.69 Å². The van der Waals surface area contributed by atoms with Gasteiger partial charge in [0.2, 0.25) is 5.91 Å². The molecule has 0 bridgehead atoms. The maximum Gasteiger partial charge on any atom is 0.251 e. The minimum Gasteiger partial charge on any atom is -0.355 e. The van der Waals surface area contributed by atoms with Crippen molar-refractivity contribution in [2.45, 2.75) is 18.2 Å². The Kier molecular flexibility index (Phi) is 6.23. The quantitative estimate of drug-likeness (QED) is 0.798. The number of aryl methyl sites for hydroxylation is 1. The molecule has 0 saturated carbocycles. The fraction of sp³-hybridized carbons (Fsp3) is 0.222. The van der Waals surface area contributed by atoms with Gasteiger partial charge in [0.1, 0.15) is 0 Å². The second-order valence-corrected chi connectivity index (χ2v) is 6.24. The first kappa shape index (κ1) is 17.1. The summed E-state index contributed by atoms with van der Waals surface area (Å²) >= 11 is 1.65. The van der Waals surface area contributed by atoms with Crippen molar-refractivity contribution in [3.63, 3.8) is 0 Å². The Balaban J connectivity index is 1.91. The predicted molar refractivity (Wildman–Crippen MR) is 95.0 cm³/mol. The molecule has 0 heterocycles. The first-order valence-electron chi connectivity index (χ1n) is 7.40. The monoisotopic (exact) mass is 328 g/mol. The molecule has 0 unspecified atom stereocenters. The largest absolute Gasteiger partial charge is 0.355 e. The van der Waals surface area contributed by atoms with E-state index in [-0.39, 0.29) is 11.8 Å². The van der Waals surface area contributed by atoms with Crippen LogP contribution in [0.1, 0.15) is 22.3 Å². The van der Waals surface area contributed by atoms with Gasteiger partial charge in [-0.25, -0.2) is 0 Å². The number of rotatable bonds is 6. The SMILES string of the molecule is CNC(=O)c1ccc(C)c(NC(=O)CCSc2ccccc2)c1. The molecule has 0 fully saturated rings. The molecule has 2 aromatic rings. The van der Waals surface area contributed by atoms with Gasteiger partial charge in [0.15, 0.2) is 0 Å². The molecule has 120 valence electrons. The van der Waals surface area contributed by atoms with Gasteiger partial charge in [0, 0.05) is 35.4 Å². The molecule has 0 aliphatic rings. The highest BCUT2D eigenvalue weighted by Gasteiger charge is 2.09. The Morgan fingerprint density at radius 3 is 2.52 bits per heavy atom. The number of nitrogens with one attached hydrogen (secondary N) is 2. The van der Waals surface area contributed by atoms with Crippen LogP contribution in [0.5, 0.6) is 0 Å². The fourth-order valence-corrected chi connectivity index (χ4v) is 2.91. The summed E-state index contributed by atoms with van der Waals surface area (Å²) in [6.45, 7) is 1.90. The molecule has 2 N–H and O–H groups in total. The third-order valence-corrected chi connectivity index (χ3v) is 4.36. The van der Waals surface area contributed by atoms with Crippen molar-refractivity contribution in [1.29, 1.82) is 0 Å². The van der Waals surface area contributed by atoms with Crippen molar-refractivity contribution in [2.75, 3.05) is 18.1 Å². The lowest BCUT2D eigenvalue weighted by Crippen LogP contribution is -2.19. The lowest BCUT2D eigenvalue weighted by Gasteiger charge is -2.10. The molecule has 0 atom stereocenters. The van der Waals surface area contributed by atoms with Gasteiger partial charge in [0.25, 0.3) is 5.91 Å². The highest BCUT2D eigenvalue weighted by molar-refractivity contribution is 7.99. The van der Waals surface area contributed by atoms with Crippen molar-refractivity contribution in [2.24, 2.45) is 0 Å². The molecule has 4 nitrogen and oxygen atoms in total. The molecule has 23 heavy (non-hydrogen) atoms. The summed E-state index contributed by atoms with van der Waals surface area (Å²) in [4.78, 5) is 24.9. The number of hydrogen-bond donors (Lipinski definition) is 2. The fourth-order valence-electron chi connectivity index (χ4n) is 2.03. The van der Waals surface area contributed by atoms with E-state index in [0.717, 1.165) is 10.5 Å². The zero-order valence-electron chi connectivity index (χ0n) is 13.3. The standard InChI is InChI=1S/C18H20N2O2S/c1-13-8-9-14(18(22)19-2)12-16(13)20-17(21)10-11-23-15-6-4-3-5-7-15/h3-9,12H,10-11H2,1-2H3,(H,19,22)(H,20,21). The van der Waals surface area contributed by atoms with Crippen LogP contribution in [0.3, 0.4) is 0 Å². The van der Waals surface area contributed by atoms with Gasteiger partial charge < -0.3 is 10.6 Å². The van der Waals surface area contributed by atoms with E-state index < -0.39 is 0 Å². The van der Waals surface area contributed by atoms with E-state index in [1.807, 2.05) is 43.3 Å². The predicted octanol–water partition coefficient (Wildman–Crippen LogP) is 3.48. The molecule has 0 radical (unpaired) electrons. The number of carbonyl (C=O) groups excluding carboxylic acids is 2. The highest BCUT2D eigenvalue weighted by Crippen LogP contribution is 2.20. The average molecular weight is 328 g/mol. The van der Waals surface area contributed by atoms with E-state index >= 15 is 0 Å². The summed E-state index contributed by atoms with van der Waals surface area (Å²) in [7, 11) is 1.58. The molecule has 0 saturated heterocycles. The molecule has 0 aliphatic heterocycles. The zero-order chi connectivity index (χ0) is 16.7. The van der Waals surface area contributed by atoms with Gasteiger partial charge in [-0.3, -0.25) is 9.59 Å². The van der Waals surface area contributed by atoms with Crippen molar-refractivity contribution in [3.8, 4) is 0 Å². The molecule has 0 aromatic heterocycles. The Morgan fingerprint density at radius 2 is 1.83 bits per heavy atom. The van der Waals surface area contributed by atoms with Crippen molar-refractivity contribution in [1.82, 2.24) is 5.32 Å².